The highest BCUT2D eigenvalue weighted by molar-refractivity contribution is 6.00. The van der Waals surface area contributed by atoms with Crippen LogP contribution in [0.15, 0.2) is 69.0 Å². The number of halogens is 3. The van der Waals surface area contributed by atoms with Crippen molar-refractivity contribution in [2.45, 2.75) is 125 Å². The maximum Gasteiger partial charge on any atom is 0.437 e. The molecule has 0 saturated carbocycles. The fourth-order valence-electron chi connectivity index (χ4n) is 6.58. The third kappa shape index (κ3) is 15.7. The lowest BCUT2D eigenvalue weighted by atomic mass is 9.95. The zero-order valence-corrected chi connectivity index (χ0v) is 39.9. The molecule has 5 rings (SSSR count). The van der Waals surface area contributed by atoms with Gasteiger partial charge in [-0.1, -0.05) is 30.4 Å². The van der Waals surface area contributed by atoms with Gasteiger partial charge in [-0.3, -0.25) is 10.6 Å². The average molecular weight is 937 g/mol. The minimum Gasteiger partial charge on any atom is -0.444 e. The number of aromatic nitrogens is 2. The van der Waals surface area contributed by atoms with Crippen molar-refractivity contribution in [2.24, 2.45) is 9.98 Å². The lowest BCUT2D eigenvalue weighted by molar-refractivity contribution is -0.137. The molecule has 0 fully saturated rings. The average Bonchev–Trinajstić information content (AvgIpc) is 3.68. The van der Waals surface area contributed by atoms with Gasteiger partial charge in [-0.15, -0.1) is 20.2 Å². The SMILES string of the molecule is CC(C)(C)OC(=O)N=C(NC(=O)OC(C)(C)C)N1CC=C(c2ccc(-c3nnc(-c4ccc(C5=CCN(C(=NC(=O)OC(C)(C)C)NC(=O)OC(C)(C)C)CC5)cc4C(F)(F)F)o3)cc2)CC1. The summed E-state index contributed by atoms with van der Waals surface area (Å²) in [5, 5.41) is 13.1. The molecule has 0 aliphatic carbocycles. The van der Waals surface area contributed by atoms with Gasteiger partial charge in [0.15, 0.2) is 0 Å². The summed E-state index contributed by atoms with van der Waals surface area (Å²) in [5.74, 6) is -0.455. The standard InChI is InChI=1S/C47H59F3N8O9/c1-43(2,3)64-39(59)51-37(52-40(60)65-44(4,5)6)57-23-19-29(20-24-57)28-13-15-31(16-14-28)35-55-56-36(63-35)33-18-17-32(27-34(33)47(48,49)50)30-21-25-58(26-22-30)38(53-41(61)66-45(7,8)9)54-42(62)67-46(10,11)12/h13-19,21,27H,20,22-26H2,1-12H3,(H,51,52,59,60)(H,53,54,61,62). The number of ether oxygens (including phenoxy) is 4. The minimum atomic E-state index is -4.79. The van der Waals surface area contributed by atoms with Gasteiger partial charge in [-0.05, 0) is 142 Å². The molecule has 2 aromatic carbocycles. The number of carbonyl (C=O) groups is 4. The molecule has 17 nitrogen and oxygen atoms in total. The van der Waals surface area contributed by atoms with Crippen molar-refractivity contribution in [2.75, 3.05) is 26.2 Å². The Kier molecular flexibility index (Phi) is 15.3. The van der Waals surface area contributed by atoms with Crippen LogP contribution in [0.25, 0.3) is 34.1 Å². The highest BCUT2D eigenvalue weighted by Crippen LogP contribution is 2.40. The van der Waals surface area contributed by atoms with Gasteiger partial charge in [-0.2, -0.15) is 13.2 Å². The number of hydrogen-bond donors (Lipinski definition) is 2. The number of aliphatic imine (C=N–C) groups is 2. The minimum absolute atomic E-state index is 0.0117. The van der Waals surface area contributed by atoms with Crippen LogP contribution in [-0.2, 0) is 25.1 Å². The lowest BCUT2D eigenvalue weighted by Gasteiger charge is -2.30. The van der Waals surface area contributed by atoms with Crippen LogP contribution in [0.2, 0.25) is 0 Å². The fourth-order valence-corrected chi connectivity index (χ4v) is 6.58. The van der Waals surface area contributed by atoms with E-state index in [1.165, 1.54) is 6.07 Å². The molecule has 0 radical (unpaired) electrons. The second-order valence-electron chi connectivity index (χ2n) is 19.7. The summed E-state index contributed by atoms with van der Waals surface area (Å²) >= 11 is 0. The Balaban J connectivity index is 1.31. The predicted molar refractivity (Wildman–Crippen MR) is 245 cm³/mol. The van der Waals surface area contributed by atoms with E-state index >= 15 is 0 Å². The lowest BCUT2D eigenvalue weighted by Crippen LogP contribution is -2.48. The van der Waals surface area contributed by atoms with E-state index in [-0.39, 0.29) is 55.3 Å². The van der Waals surface area contributed by atoms with Crippen LogP contribution in [0.3, 0.4) is 0 Å². The molecule has 4 amide bonds. The topological polar surface area (TPSA) is 199 Å². The first-order chi connectivity index (χ1) is 30.9. The summed E-state index contributed by atoms with van der Waals surface area (Å²) in [5.41, 5.74) is -1.36. The van der Waals surface area contributed by atoms with Crippen LogP contribution in [0.5, 0.6) is 0 Å². The van der Waals surface area contributed by atoms with Crippen molar-refractivity contribution < 1.29 is 55.7 Å². The van der Waals surface area contributed by atoms with Gasteiger partial charge >= 0.3 is 30.5 Å². The van der Waals surface area contributed by atoms with Gasteiger partial charge < -0.3 is 33.2 Å². The molecular weight excluding hydrogens is 878 g/mol. The monoisotopic (exact) mass is 936 g/mol. The molecule has 20 heteroatoms. The smallest absolute Gasteiger partial charge is 0.437 e. The van der Waals surface area contributed by atoms with Crippen LogP contribution < -0.4 is 10.6 Å². The summed E-state index contributed by atoms with van der Waals surface area (Å²) in [4.78, 5) is 61.8. The number of alkyl carbamates (subject to hydrolysis) is 2. The summed E-state index contributed by atoms with van der Waals surface area (Å²) in [7, 11) is 0. The van der Waals surface area contributed by atoms with E-state index in [1.54, 1.807) is 117 Å². The second-order valence-corrected chi connectivity index (χ2v) is 19.7. The van der Waals surface area contributed by atoms with E-state index in [0.717, 1.165) is 17.2 Å². The Morgan fingerprint density at radius 3 is 1.39 bits per heavy atom. The van der Waals surface area contributed by atoms with Crippen LogP contribution in [-0.4, -0.2) is 105 Å². The summed E-state index contributed by atoms with van der Waals surface area (Å²) < 4.78 is 71.3. The third-order valence-corrected chi connectivity index (χ3v) is 9.28. The van der Waals surface area contributed by atoms with Crippen molar-refractivity contribution in [3.8, 4) is 22.9 Å². The molecule has 1 aromatic heterocycles. The number of benzene rings is 2. The number of guanidine groups is 2. The molecule has 3 heterocycles. The molecular formula is C47H59F3N8O9. The van der Waals surface area contributed by atoms with Gasteiger partial charge in [0.25, 0.3) is 0 Å². The molecule has 2 N–H and O–H groups in total. The highest BCUT2D eigenvalue weighted by atomic mass is 19.4. The zero-order valence-electron chi connectivity index (χ0n) is 39.9. The molecule has 3 aromatic rings. The van der Waals surface area contributed by atoms with E-state index in [0.29, 0.717) is 29.7 Å². The second kappa shape index (κ2) is 20.0. The molecule has 2 aliphatic rings. The molecule has 0 saturated heterocycles. The van der Waals surface area contributed by atoms with Crippen molar-refractivity contribution in [3.63, 3.8) is 0 Å². The van der Waals surface area contributed by atoms with Crippen molar-refractivity contribution in [1.29, 1.82) is 0 Å². The third-order valence-electron chi connectivity index (χ3n) is 9.28. The van der Waals surface area contributed by atoms with E-state index < -0.39 is 58.5 Å². The first-order valence-corrected chi connectivity index (χ1v) is 21.6. The molecule has 0 atom stereocenters. The van der Waals surface area contributed by atoms with Crippen LogP contribution in [0, 0.1) is 0 Å². The molecule has 67 heavy (non-hydrogen) atoms. The Labute approximate surface area is 387 Å². The normalized spacial score (nSPS) is 15.6. The van der Waals surface area contributed by atoms with Crippen LogP contribution in [0.4, 0.5) is 32.3 Å². The van der Waals surface area contributed by atoms with Crippen molar-refractivity contribution >= 4 is 47.4 Å². The highest BCUT2D eigenvalue weighted by Gasteiger charge is 2.36. The quantitative estimate of drug-likeness (QED) is 0.142. The zero-order chi connectivity index (χ0) is 49.7. The van der Waals surface area contributed by atoms with Gasteiger partial charge in [0.2, 0.25) is 23.7 Å². The number of rotatable bonds is 4. The van der Waals surface area contributed by atoms with Crippen molar-refractivity contribution in [3.05, 3.63) is 71.3 Å². The Bertz CT molecular complexity index is 2450. The predicted octanol–water partition coefficient (Wildman–Crippen LogP) is 10.2. The molecule has 2 aliphatic heterocycles. The van der Waals surface area contributed by atoms with Gasteiger partial charge in [0.1, 0.15) is 22.4 Å². The van der Waals surface area contributed by atoms with Gasteiger partial charge in [0, 0.05) is 31.7 Å². The molecule has 0 spiro atoms. The molecule has 362 valence electrons. The van der Waals surface area contributed by atoms with E-state index in [4.69, 9.17) is 23.4 Å². The Morgan fingerprint density at radius 1 is 0.582 bits per heavy atom. The van der Waals surface area contributed by atoms with Crippen LogP contribution in [0.1, 0.15) is 113 Å². The largest absolute Gasteiger partial charge is 0.444 e. The summed E-state index contributed by atoms with van der Waals surface area (Å²) in [6, 6.07) is 10.9. The van der Waals surface area contributed by atoms with Gasteiger partial charge in [-0.25, -0.2) is 19.2 Å². The first-order valence-electron chi connectivity index (χ1n) is 21.6. The number of nitrogens with one attached hydrogen (secondary N) is 2. The fraction of sp³-hybridized carbons (Fsp3) is 0.489. The molecule has 0 bridgehead atoms. The summed E-state index contributed by atoms with van der Waals surface area (Å²) in [6.45, 7) is 21.3. The number of carbonyl (C=O) groups excluding carboxylic acids is 4. The van der Waals surface area contributed by atoms with Crippen molar-refractivity contribution in [1.82, 2.24) is 30.6 Å². The van der Waals surface area contributed by atoms with E-state index in [2.05, 4.69) is 30.8 Å². The molecule has 0 unspecified atom stereocenters. The number of alkyl halides is 3. The number of nitrogens with zero attached hydrogens (tertiary/aromatic N) is 6. The first kappa shape index (κ1) is 51.3. The number of hydrogen-bond acceptors (Lipinski definition) is 11. The summed E-state index contributed by atoms with van der Waals surface area (Å²) in [6.07, 6.45) is -3.87. The van der Waals surface area contributed by atoms with Crippen LogP contribution >= 0.6 is 0 Å². The Morgan fingerprint density at radius 2 is 0.985 bits per heavy atom. The maximum atomic E-state index is 14.7. The van der Waals surface area contributed by atoms with E-state index in [9.17, 15) is 32.3 Å². The maximum absolute atomic E-state index is 14.7. The van der Waals surface area contributed by atoms with Gasteiger partial charge in [0.05, 0.1) is 11.1 Å². The van der Waals surface area contributed by atoms with E-state index in [1.807, 2.05) is 18.2 Å². The number of amides is 4. The Hall–Kier alpha value is -6.73.